The Morgan fingerprint density at radius 1 is 1.42 bits per heavy atom. The Bertz CT molecular complexity index is 518. The molecular formula is C17H28N4O3. The van der Waals surface area contributed by atoms with Crippen LogP contribution in [0.3, 0.4) is 0 Å². The summed E-state index contributed by atoms with van der Waals surface area (Å²) in [5, 5.41) is 5.90. The molecule has 1 atom stereocenters. The first-order valence-corrected chi connectivity index (χ1v) is 8.54. The smallest absolute Gasteiger partial charge is 0.319 e. The molecule has 0 aromatic carbocycles. The van der Waals surface area contributed by atoms with E-state index in [-0.39, 0.29) is 18.0 Å². The monoisotopic (exact) mass is 336 g/mol. The van der Waals surface area contributed by atoms with E-state index < -0.39 is 0 Å². The Labute approximate surface area is 143 Å². The lowest BCUT2D eigenvalue weighted by atomic mass is 10.1. The van der Waals surface area contributed by atoms with E-state index in [1.165, 1.54) is 0 Å². The van der Waals surface area contributed by atoms with Crippen LogP contribution in [0.15, 0.2) is 18.3 Å². The minimum Gasteiger partial charge on any atom is -0.380 e. The van der Waals surface area contributed by atoms with Gasteiger partial charge in [0, 0.05) is 25.9 Å². The normalized spacial score (nSPS) is 16.1. The van der Waals surface area contributed by atoms with E-state index in [9.17, 15) is 4.79 Å². The van der Waals surface area contributed by atoms with Crippen LogP contribution in [-0.2, 0) is 9.47 Å². The molecule has 1 fully saturated rings. The Hall–Kier alpha value is -1.86. The van der Waals surface area contributed by atoms with Crippen molar-refractivity contribution >= 4 is 17.5 Å². The second kappa shape index (κ2) is 9.44. The third-order valence-electron chi connectivity index (χ3n) is 3.97. The second-order valence-corrected chi connectivity index (χ2v) is 6.08. The van der Waals surface area contributed by atoms with Gasteiger partial charge in [-0.25, -0.2) is 9.78 Å². The molecule has 0 spiro atoms. The summed E-state index contributed by atoms with van der Waals surface area (Å²) < 4.78 is 10.8. The van der Waals surface area contributed by atoms with E-state index in [2.05, 4.69) is 34.4 Å². The Morgan fingerprint density at radius 2 is 2.17 bits per heavy atom. The molecule has 1 saturated heterocycles. The van der Waals surface area contributed by atoms with Gasteiger partial charge in [-0.2, -0.15) is 0 Å². The number of anilines is 2. The van der Waals surface area contributed by atoms with Crippen LogP contribution < -0.4 is 15.5 Å². The number of hydrogen-bond acceptors (Lipinski definition) is 5. The van der Waals surface area contributed by atoms with Gasteiger partial charge in [0.1, 0.15) is 0 Å². The van der Waals surface area contributed by atoms with Crippen LogP contribution in [0.4, 0.5) is 16.3 Å². The fourth-order valence-electron chi connectivity index (χ4n) is 2.49. The molecule has 2 heterocycles. The van der Waals surface area contributed by atoms with Crippen LogP contribution >= 0.6 is 0 Å². The van der Waals surface area contributed by atoms with Crippen molar-refractivity contribution in [2.24, 2.45) is 5.92 Å². The molecule has 0 bridgehead atoms. The van der Waals surface area contributed by atoms with Gasteiger partial charge in [0.25, 0.3) is 0 Å². The lowest BCUT2D eigenvalue weighted by Crippen LogP contribution is -2.44. The molecule has 1 aliphatic heterocycles. The molecule has 2 rings (SSSR count). The number of nitrogens with one attached hydrogen (secondary N) is 2. The van der Waals surface area contributed by atoms with Crippen molar-refractivity contribution in [2.75, 3.05) is 49.7 Å². The number of amides is 2. The summed E-state index contributed by atoms with van der Waals surface area (Å²) in [7, 11) is 0. The molecule has 7 heteroatoms. The lowest BCUT2D eigenvalue weighted by Gasteiger charge is -2.29. The minimum absolute atomic E-state index is 0.0338. The lowest BCUT2D eigenvalue weighted by molar-refractivity contribution is 0.111. The predicted octanol–water partition coefficient (Wildman–Crippen LogP) is 2.10. The van der Waals surface area contributed by atoms with E-state index in [1.54, 1.807) is 6.20 Å². The van der Waals surface area contributed by atoms with Crippen LogP contribution in [0.2, 0.25) is 0 Å². The standard InChI is InChI=1S/C17H28N4O3/c1-4-23-12-15(13(2)3)20-17(22)19-14-6-5-7-18-16(14)21-8-10-24-11-9-21/h5-7,13,15H,4,8-12H2,1-3H3,(H2,19,20,22)/t15-/m1/s1. The maximum atomic E-state index is 12.4. The number of hydrogen-bond donors (Lipinski definition) is 2. The van der Waals surface area contributed by atoms with E-state index in [0.29, 0.717) is 32.1 Å². The highest BCUT2D eigenvalue weighted by atomic mass is 16.5. The zero-order valence-electron chi connectivity index (χ0n) is 14.7. The molecular weight excluding hydrogens is 308 g/mol. The minimum atomic E-state index is -0.240. The third-order valence-corrected chi connectivity index (χ3v) is 3.97. The van der Waals surface area contributed by atoms with E-state index >= 15 is 0 Å². The van der Waals surface area contributed by atoms with Gasteiger partial charge in [-0.15, -0.1) is 0 Å². The maximum absolute atomic E-state index is 12.4. The molecule has 0 radical (unpaired) electrons. The van der Waals surface area contributed by atoms with E-state index in [1.807, 2.05) is 19.1 Å². The highest BCUT2D eigenvalue weighted by Crippen LogP contribution is 2.23. The number of morpholine rings is 1. The Kier molecular flexibility index (Phi) is 7.27. The molecule has 1 aliphatic rings. The largest absolute Gasteiger partial charge is 0.380 e. The molecule has 0 unspecified atom stereocenters. The summed E-state index contributed by atoms with van der Waals surface area (Å²) in [6.45, 7) is 10.1. The van der Waals surface area contributed by atoms with Crippen molar-refractivity contribution in [1.29, 1.82) is 0 Å². The van der Waals surface area contributed by atoms with Crippen LogP contribution in [-0.4, -0.2) is 56.6 Å². The number of aromatic nitrogens is 1. The van der Waals surface area contributed by atoms with Gasteiger partial charge in [0.15, 0.2) is 5.82 Å². The first-order valence-electron chi connectivity index (χ1n) is 8.54. The van der Waals surface area contributed by atoms with Gasteiger partial charge in [-0.3, -0.25) is 0 Å². The topological polar surface area (TPSA) is 75.7 Å². The fraction of sp³-hybridized carbons (Fsp3) is 0.647. The first kappa shape index (κ1) is 18.5. The van der Waals surface area contributed by atoms with Crippen molar-refractivity contribution in [3.63, 3.8) is 0 Å². The number of carbonyl (C=O) groups excluding carboxylic acids is 1. The molecule has 2 amide bonds. The van der Waals surface area contributed by atoms with Gasteiger partial charge in [-0.1, -0.05) is 13.8 Å². The van der Waals surface area contributed by atoms with Crippen LogP contribution in [0.25, 0.3) is 0 Å². The number of pyridine rings is 1. The molecule has 0 saturated carbocycles. The van der Waals surface area contributed by atoms with Gasteiger partial charge in [0.2, 0.25) is 0 Å². The molecule has 1 aromatic rings. The fourth-order valence-corrected chi connectivity index (χ4v) is 2.49. The van der Waals surface area contributed by atoms with Crippen molar-refractivity contribution in [3.8, 4) is 0 Å². The third kappa shape index (κ3) is 5.35. The molecule has 134 valence electrons. The van der Waals surface area contributed by atoms with Gasteiger partial charge in [-0.05, 0) is 25.0 Å². The quantitative estimate of drug-likeness (QED) is 0.797. The summed E-state index contributed by atoms with van der Waals surface area (Å²) >= 11 is 0. The van der Waals surface area contributed by atoms with Crippen molar-refractivity contribution in [2.45, 2.75) is 26.8 Å². The molecule has 2 N–H and O–H groups in total. The number of nitrogens with zero attached hydrogens (tertiary/aromatic N) is 2. The SMILES string of the molecule is CCOC[C@@H](NC(=O)Nc1cccnc1N1CCOCC1)C(C)C. The van der Waals surface area contributed by atoms with Gasteiger partial charge in [0.05, 0.1) is 31.5 Å². The van der Waals surface area contributed by atoms with Crippen molar-refractivity contribution in [1.82, 2.24) is 10.3 Å². The van der Waals surface area contributed by atoms with Crippen LogP contribution in [0.5, 0.6) is 0 Å². The molecule has 0 aliphatic carbocycles. The van der Waals surface area contributed by atoms with E-state index in [0.717, 1.165) is 18.9 Å². The summed E-state index contributed by atoms with van der Waals surface area (Å²) in [5.74, 6) is 1.07. The average molecular weight is 336 g/mol. The summed E-state index contributed by atoms with van der Waals surface area (Å²) in [5.41, 5.74) is 0.704. The molecule has 7 nitrogen and oxygen atoms in total. The summed E-state index contributed by atoms with van der Waals surface area (Å²) in [6.07, 6.45) is 1.74. The zero-order chi connectivity index (χ0) is 17.4. The maximum Gasteiger partial charge on any atom is 0.319 e. The van der Waals surface area contributed by atoms with Gasteiger partial charge >= 0.3 is 6.03 Å². The van der Waals surface area contributed by atoms with Crippen molar-refractivity contribution < 1.29 is 14.3 Å². The number of rotatable bonds is 7. The zero-order valence-corrected chi connectivity index (χ0v) is 14.7. The molecule has 24 heavy (non-hydrogen) atoms. The summed E-state index contributed by atoms with van der Waals surface area (Å²) in [4.78, 5) is 18.9. The Balaban J connectivity index is 2.00. The van der Waals surface area contributed by atoms with Crippen LogP contribution in [0, 0.1) is 5.92 Å². The number of urea groups is 1. The number of carbonyl (C=O) groups is 1. The van der Waals surface area contributed by atoms with Gasteiger partial charge < -0.3 is 25.0 Å². The van der Waals surface area contributed by atoms with Crippen molar-refractivity contribution in [3.05, 3.63) is 18.3 Å². The average Bonchev–Trinajstić information content (AvgIpc) is 2.59. The van der Waals surface area contributed by atoms with Crippen LogP contribution in [0.1, 0.15) is 20.8 Å². The summed E-state index contributed by atoms with van der Waals surface area (Å²) in [6, 6.07) is 3.41. The second-order valence-electron chi connectivity index (χ2n) is 6.08. The first-order chi connectivity index (χ1) is 11.6. The van der Waals surface area contributed by atoms with E-state index in [4.69, 9.17) is 9.47 Å². The molecule has 1 aromatic heterocycles. The predicted molar refractivity (Wildman–Crippen MR) is 94.5 cm³/mol. The highest BCUT2D eigenvalue weighted by Gasteiger charge is 2.19. The highest BCUT2D eigenvalue weighted by molar-refractivity contribution is 5.92. The number of ether oxygens (including phenoxy) is 2. The Morgan fingerprint density at radius 3 is 2.83 bits per heavy atom.